The first-order chi connectivity index (χ1) is 9.98. The number of hydrogen-bond donors (Lipinski definition) is 0. The normalized spacial score (nSPS) is 11.9. The van der Waals surface area contributed by atoms with E-state index in [1.54, 1.807) is 14.2 Å². The third kappa shape index (κ3) is 2.82. The average Bonchev–Trinajstić information content (AvgIpc) is 2.83. The zero-order chi connectivity index (χ0) is 15.6. The molecule has 1 heterocycles. The van der Waals surface area contributed by atoms with E-state index in [1.165, 1.54) is 0 Å². The van der Waals surface area contributed by atoms with E-state index in [0.717, 1.165) is 29.7 Å². The van der Waals surface area contributed by atoms with Gasteiger partial charge in [0.15, 0.2) is 11.5 Å². The highest BCUT2D eigenvalue weighted by molar-refractivity contribution is 6.16. The van der Waals surface area contributed by atoms with Gasteiger partial charge in [-0.3, -0.25) is 0 Å². The molecule has 0 spiro atoms. The third-order valence-corrected chi connectivity index (χ3v) is 4.05. The molecule has 2 rings (SSSR count). The van der Waals surface area contributed by atoms with Crippen LogP contribution in [0.1, 0.15) is 39.4 Å². The summed E-state index contributed by atoms with van der Waals surface area (Å²) in [4.78, 5) is 4.66. The SMILES string of the molecule is CCCC(C)(C)n1c(CCl)nc2cc(OC)c(OC)cc21. The molecule has 116 valence electrons. The summed E-state index contributed by atoms with van der Waals surface area (Å²) in [6.45, 7) is 6.61. The second kappa shape index (κ2) is 6.14. The van der Waals surface area contributed by atoms with Gasteiger partial charge in [-0.1, -0.05) is 13.3 Å². The van der Waals surface area contributed by atoms with Gasteiger partial charge in [-0.05, 0) is 20.3 Å². The van der Waals surface area contributed by atoms with Crippen molar-refractivity contribution >= 4 is 22.6 Å². The molecule has 0 aliphatic carbocycles. The van der Waals surface area contributed by atoms with Crippen LogP contribution < -0.4 is 9.47 Å². The lowest BCUT2D eigenvalue weighted by Crippen LogP contribution is -2.27. The molecule has 4 nitrogen and oxygen atoms in total. The van der Waals surface area contributed by atoms with Gasteiger partial charge in [-0.25, -0.2) is 4.98 Å². The summed E-state index contributed by atoms with van der Waals surface area (Å²) in [7, 11) is 3.27. The van der Waals surface area contributed by atoms with Crippen LogP contribution in [0.4, 0.5) is 0 Å². The lowest BCUT2D eigenvalue weighted by Gasteiger charge is -2.29. The van der Waals surface area contributed by atoms with E-state index >= 15 is 0 Å². The van der Waals surface area contributed by atoms with Crippen molar-refractivity contribution in [3.63, 3.8) is 0 Å². The highest BCUT2D eigenvalue weighted by Gasteiger charge is 2.26. The molecule has 0 unspecified atom stereocenters. The highest BCUT2D eigenvalue weighted by Crippen LogP contribution is 2.36. The Morgan fingerprint density at radius 3 is 2.33 bits per heavy atom. The molecule has 0 bridgehead atoms. The molecule has 1 aromatic heterocycles. The first kappa shape index (κ1) is 16.0. The van der Waals surface area contributed by atoms with E-state index in [1.807, 2.05) is 12.1 Å². The molecule has 0 atom stereocenters. The second-order valence-electron chi connectivity index (χ2n) is 5.76. The monoisotopic (exact) mass is 310 g/mol. The Hall–Kier alpha value is -1.42. The number of benzene rings is 1. The Bertz CT molecular complexity index is 635. The predicted octanol–water partition coefficient (Wildman–Crippen LogP) is 4.33. The van der Waals surface area contributed by atoms with E-state index in [9.17, 15) is 0 Å². The number of methoxy groups -OCH3 is 2. The number of aromatic nitrogens is 2. The van der Waals surface area contributed by atoms with Crippen LogP contribution in [0.2, 0.25) is 0 Å². The zero-order valence-corrected chi connectivity index (χ0v) is 14.1. The van der Waals surface area contributed by atoms with Crippen LogP contribution in [0.25, 0.3) is 11.0 Å². The van der Waals surface area contributed by atoms with Crippen LogP contribution >= 0.6 is 11.6 Å². The van der Waals surface area contributed by atoms with Gasteiger partial charge in [0.05, 0.1) is 31.1 Å². The summed E-state index contributed by atoms with van der Waals surface area (Å²) in [5.74, 6) is 2.65. The molecule has 2 aromatic rings. The van der Waals surface area contributed by atoms with Crippen LogP contribution in [-0.4, -0.2) is 23.8 Å². The molecule has 0 radical (unpaired) electrons. The average molecular weight is 311 g/mol. The van der Waals surface area contributed by atoms with Crippen LogP contribution in [0.5, 0.6) is 11.5 Å². The summed E-state index contributed by atoms with van der Waals surface area (Å²) in [6, 6.07) is 3.89. The predicted molar refractivity (Wildman–Crippen MR) is 86.6 cm³/mol. The van der Waals surface area contributed by atoms with Crippen molar-refractivity contribution in [3.05, 3.63) is 18.0 Å². The van der Waals surface area contributed by atoms with Gasteiger partial charge in [-0.2, -0.15) is 0 Å². The summed E-state index contributed by atoms with van der Waals surface area (Å²) >= 11 is 6.11. The van der Waals surface area contributed by atoms with E-state index in [4.69, 9.17) is 21.1 Å². The molecule has 0 N–H and O–H groups in total. The maximum atomic E-state index is 6.11. The number of hydrogen-bond acceptors (Lipinski definition) is 3. The van der Waals surface area contributed by atoms with Crippen LogP contribution in [0.15, 0.2) is 12.1 Å². The largest absolute Gasteiger partial charge is 0.493 e. The smallest absolute Gasteiger partial charge is 0.163 e. The van der Waals surface area contributed by atoms with E-state index in [0.29, 0.717) is 17.4 Å². The molecule has 0 saturated heterocycles. The minimum absolute atomic E-state index is 0.0483. The van der Waals surface area contributed by atoms with Crippen molar-refractivity contribution in [3.8, 4) is 11.5 Å². The Kier molecular flexibility index (Phi) is 4.67. The van der Waals surface area contributed by atoms with Crippen molar-refractivity contribution in [1.29, 1.82) is 0 Å². The van der Waals surface area contributed by atoms with E-state index < -0.39 is 0 Å². The van der Waals surface area contributed by atoms with Crippen LogP contribution in [-0.2, 0) is 11.4 Å². The minimum atomic E-state index is -0.0483. The number of halogens is 1. The molecule has 0 fully saturated rings. The summed E-state index contributed by atoms with van der Waals surface area (Å²) in [6.07, 6.45) is 2.15. The molecule has 1 aromatic carbocycles. The van der Waals surface area contributed by atoms with Gasteiger partial charge in [0.25, 0.3) is 0 Å². The fourth-order valence-corrected chi connectivity index (χ4v) is 3.12. The Morgan fingerprint density at radius 1 is 1.19 bits per heavy atom. The number of ether oxygens (including phenoxy) is 2. The van der Waals surface area contributed by atoms with Gasteiger partial charge in [-0.15, -0.1) is 11.6 Å². The Balaban J connectivity index is 2.73. The highest BCUT2D eigenvalue weighted by atomic mass is 35.5. The maximum absolute atomic E-state index is 6.11. The molecule has 0 aliphatic heterocycles. The number of rotatable bonds is 6. The first-order valence-corrected chi connectivity index (χ1v) is 7.71. The number of imidazole rings is 1. The van der Waals surface area contributed by atoms with Crippen molar-refractivity contribution in [2.75, 3.05) is 14.2 Å². The third-order valence-electron chi connectivity index (χ3n) is 3.82. The molecular formula is C16H23ClN2O2. The molecule has 0 aliphatic rings. The van der Waals surface area contributed by atoms with Crippen LogP contribution in [0.3, 0.4) is 0 Å². The van der Waals surface area contributed by atoms with Gasteiger partial charge in [0.2, 0.25) is 0 Å². The number of nitrogens with zero attached hydrogens (tertiary/aromatic N) is 2. The Labute approximate surface area is 131 Å². The van der Waals surface area contributed by atoms with E-state index in [-0.39, 0.29) is 5.54 Å². The second-order valence-corrected chi connectivity index (χ2v) is 6.02. The molecule has 0 amide bonds. The van der Waals surface area contributed by atoms with Crippen molar-refractivity contribution in [2.24, 2.45) is 0 Å². The van der Waals surface area contributed by atoms with Crippen molar-refractivity contribution < 1.29 is 9.47 Å². The van der Waals surface area contributed by atoms with Gasteiger partial charge in [0.1, 0.15) is 5.82 Å². The fraction of sp³-hybridized carbons (Fsp3) is 0.562. The molecule has 5 heteroatoms. The number of fused-ring (bicyclic) bond motifs is 1. The zero-order valence-electron chi connectivity index (χ0n) is 13.4. The van der Waals surface area contributed by atoms with Crippen LogP contribution in [0, 0.1) is 0 Å². The van der Waals surface area contributed by atoms with Gasteiger partial charge < -0.3 is 14.0 Å². The molecular weight excluding hydrogens is 288 g/mol. The lowest BCUT2D eigenvalue weighted by molar-refractivity contribution is 0.325. The molecule has 0 saturated carbocycles. The lowest BCUT2D eigenvalue weighted by atomic mass is 9.98. The quantitative estimate of drug-likeness (QED) is 0.745. The summed E-state index contributed by atoms with van der Waals surface area (Å²) < 4.78 is 13.0. The first-order valence-electron chi connectivity index (χ1n) is 7.18. The topological polar surface area (TPSA) is 36.3 Å². The van der Waals surface area contributed by atoms with Crippen molar-refractivity contribution in [1.82, 2.24) is 9.55 Å². The molecule has 21 heavy (non-hydrogen) atoms. The van der Waals surface area contributed by atoms with Gasteiger partial charge in [0, 0.05) is 17.7 Å². The Morgan fingerprint density at radius 2 is 1.81 bits per heavy atom. The number of alkyl halides is 1. The maximum Gasteiger partial charge on any atom is 0.163 e. The summed E-state index contributed by atoms with van der Waals surface area (Å²) in [5, 5.41) is 0. The minimum Gasteiger partial charge on any atom is -0.493 e. The van der Waals surface area contributed by atoms with E-state index in [2.05, 4.69) is 30.3 Å². The van der Waals surface area contributed by atoms with Gasteiger partial charge >= 0.3 is 0 Å². The standard InChI is InChI=1S/C16H23ClN2O2/c1-6-7-16(2,3)19-12-9-14(21-5)13(20-4)8-11(12)18-15(19)10-17/h8-9H,6-7,10H2,1-5H3. The summed E-state index contributed by atoms with van der Waals surface area (Å²) in [5.41, 5.74) is 1.86. The van der Waals surface area contributed by atoms with Crippen molar-refractivity contribution in [2.45, 2.75) is 45.0 Å². The fourth-order valence-electron chi connectivity index (χ4n) is 2.94.